The Morgan fingerprint density at radius 2 is 2.38 bits per heavy atom. The van der Waals surface area contributed by atoms with Crippen LogP contribution in [0.1, 0.15) is 18.5 Å². The van der Waals surface area contributed by atoms with Gasteiger partial charge in [0, 0.05) is 19.5 Å². The van der Waals surface area contributed by atoms with Crippen molar-refractivity contribution >= 4 is 22.0 Å². The molecule has 16 heavy (non-hydrogen) atoms. The third-order valence-electron chi connectivity index (χ3n) is 2.22. The van der Waals surface area contributed by atoms with E-state index in [9.17, 15) is 4.79 Å². The summed E-state index contributed by atoms with van der Waals surface area (Å²) in [5, 5.41) is 15.0. The molecule has 2 N–H and O–H groups in total. The van der Waals surface area contributed by atoms with Crippen molar-refractivity contribution in [3.05, 3.63) is 10.2 Å². The summed E-state index contributed by atoms with van der Waals surface area (Å²) in [5.41, 5.74) is 0.894. The number of hydrogen-bond acceptors (Lipinski definition) is 3. The molecule has 90 valence electrons. The Balaban J connectivity index is 2.86. The predicted molar refractivity (Wildman–Crippen MR) is 61.9 cm³/mol. The number of hydrogen-bond donors (Lipinski definition) is 2. The summed E-state index contributed by atoms with van der Waals surface area (Å²) in [6.45, 7) is 2.24. The third-order valence-corrected chi connectivity index (χ3v) is 2.97. The highest BCUT2D eigenvalue weighted by Gasteiger charge is 2.20. The molecule has 1 amide bonds. The number of nitrogens with zero attached hydrogens (tertiary/aromatic N) is 2. The molecule has 0 saturated carbocycles. The van der Waals surface area contributed by atoms with E-state index in [2.05, 4.69) is 26.3 Å². The Morgan fingerprint density at radius 1 is 1.75 bits per heavy atom. The average molecular weight is 292 g/mol. The van der Waals surface area contributed by atoms with Crippen LogP contribution in [0.5, 0.6) is 5.88 Å². The lowest BCUT2D eigenvalue weighted by Crippen LogP contribution is -2.26. The third kappa shape index (κ3) is 2.66. The van der Waals surface area contributed by atoms with Crippen LogP contribution in [0.15, 0.2) is 4.47 Å². The molecule has 1 unspecified atom stereocenters. The van der Waals surface area contributed by atoms with Crippen LogP contribution < -0.4 is 10.1 Å². The molecule has 0 bridgehead atoms. The van der Waals surface area contributed by atoms with Gasteiger partial charge in [0.1, 0.15) is 4.47 Å². The summed E-state index contributed by atoms with van der Waals surface area (Å²) in [7, 11) is 3.33. The molecule has 6 nitrogen and oxygen atoms in total. The second-order valence-electron chi connectivity index (χ2n) is 3.42. The fourth-order valence-electron chi connectivity index (χ4n) is 1.49. The Labute approximate surface area is 102 Å². The van der Waals surface area contributed by atoms with Gasteiger partial charge in [0.15, 0.2) is 0 Å². The van der Waals surface area contributed by atoms with Gasteiger partial charge in [0.05, 0.1) is 12.8 Å². The molecule has 0 radical (unpaired) electrons. The largest absolute Gasteiger partial charge is 0.479 e. The van der Waals surface area contributed by atoms with Gasteiger partial charge in [-0.25, -0.2) is 4.79 Å². The molecular formula is C9H14BrN3O3. The van der Waals surface area contributed by atoms with E-state index in [1.165, 1.54) is 7.11 Å². The van der Waals surface area contributed by atoms with Crippen LogP contribution in [0.2, 0.25) is 0 Å². The minimum Gasteiger partial charge on any atom is -0.479 e. The van der Waals surface area contributed by atoms with Crippen molar-refractivity contribution in [2.24, 2.45) is 7.05 Å². The van der Waals surface area contributed by atoms with Crippen LogP contribution >= 0.6 is 15.9 Å². The molecular weight excluding hydrogens is 278 g/mol. The molecule has 1 aromatic heterocycles. The highest BCUT2D eigenvalue weighted by Crippen LogP contribution is 2.31. The molecule has 0 spiro atoms. The van der Waals surface area contributed by atoms with E-state index in [1.54, 1.807) is 11.7 Å². The van der Waals surface area contributed by atoms with E-state index in [0.717, 1.165) is 10.2 Å². The van der Waals surface area contributed by atoms with Gasteiger partial charge in [-0.05, 0) is 15.9 Å². The molecule has 0 aromatic carbocycles. The lowest BCUT2D eigenvalue weighted by atomic mass is 10.1. The second kappa shape index (κ2) is 5.20. The van der Waals surface area contributed by atoms with Gasteiger partial charge >= 0.3 is 6.09 Å². The summed E-state index contributed by atoms with van der Waals surface area (Å²) >= 11 is 3.39. The topological polar surface area (TPSA) is 76.4 Å². The highest BCUT2D eigenvalue weighted by molar-refractivity contribution is 9.10. The van der Waals surface area contributed by atoms with Gasteiger partial charge in [0.25, 0.3) is 0 Å². The van der Waals surface area contributed by atoms with Gasteiger partial charge in [0.2, 0.25) is 5.88 Å². The number of carbonyl (C=O) groups is 1. The number of carboxylic acid groups (broad SMARTS) is 1. The zero-order valence-corrected chi connectivity index (χ0v) is 10.9. The van der Waals surface area contributed by atoms with Gasteiger partial charge in [-0.1, -0.05) is 6.92 Å². The number of ether oxygens (including phenoxy) is 1. The van der Waals surface area contributed by atoms with Crippen molar-refractivity contribution in [3.63, 3.8) is 0 Å². The molecule has 0 aliphatic carbocycles. The predicted octanol–water partition coefficient (Wildman–Crippen LogP) is 1.56. The number of halogens is 1. The van der Waals surface area contributed by atoms with Crippen molar-refractivity contribution in [1.29, 1.82) is 0 Å². The molecule has 0 fully saturated rings. The maximum absolute atomic E-state index is 10.4. The quantitative estimate of drug-likeness (QED) is 0.883. The summed E-state index contributed by atoms with van der Waals surface area (Å²) in [6.07, 6.45) is -1.03. The van der Waals surface area contributed by atoms with Crippen LogP contribution in [-0.4, -0.2) is 34.6 Å². The first kappa shape index (κ1) is 12.8. The minimum absolute atomic E-state index is 0.00637. The van der Waals surface area contributed by atoms with E-state index < -0.39 is 6.09 Å². The highest BCUT2D eigenvalue weighted by atomic mass is 79.9. The van der Waals surface area contributed by atoms with Gasteiger partial charge in [-0.3, -0.25) is 4.68 Å². The molecule has 1 atom stereocenters. The van der Waals surface area contributed by atoms with Crippen molar-refractivity contribution < 1.29 is 14.6 Å². The summed E-state index contributed by atoms with van der Waals surface area (Å²) in [4.78, 5) is 10.4. The van der Waals surface area contributed by atoms with Crippen molar-refractivity contribution in [3.8, 4) is 5.88 Å². The van der Waals surface area contributed by atoms with Crippen molar-refractivity contribution in [1.82, 2.24) is 15.1 Å². The van der Waals surface area contributed by atoms with Crippen LogP contribution in [0.4, 0.5) is 4.79 Å². The fraction of sp³-hybridized carbons (Fsp3) is 0.556. The Morgan fingerprint density at radius 3 is 2.81 bits per heavy atom. The molecule has 0 aliphatic heterocycles. The van der Waals surface area contributed by atoms with E-state index in [4.69, 9.17) is 9.84 Å². The average Bonchev–Trinajstić information content (AvgIpc) is 2.50. The van der Waals surface area contributed by atoms with Crippen LogP contribution in [0, 0.1) is 0 Å². The number of aromatic nitrogens is 2. The van der Waals surface area contributed by atoms with Gasteiger partial charge in [-0.2, -0.15) is 0 Å². The molecule has 0 aliphatic rings. The van der Waals surface area contributed by atoms with Crippen molar-refractivity contribution in [2.45, 2.75) is 12.8 Å². The zero-order valence-electron chi connectivity index (χ0n) is 9.32. The van der Waals surface area contributed by atoms with Crippen molar-refractivity contribution in [2.75, 3.05) is 13.7 Å². The normalized spacial score (nSPS) is 12.2. The Hall–Kier alpha value is -1.24. The number of methoxy groups -OCH3 is 1. The Bertz CT molecular complexity index is 392. The van der Waals surface area contributed by atoms with E-state index in [1.807, 2.05) is 6.92 Å². The van der Waals surface area contributed by atoms with Crippen LogP contribution in [0.3, 0.4) is 0 Å². The SMILES string of the molecule is COc1nn(C)c(C(C)CNC(=O)O)c1Br. The van der Waals surface area contributed by atoms with Gasteiger partial charge in [-0.15, -0.1) is 5.10 Å². The van der Waals surface area contributed by atoms with Gasteiger partial charge < -0.3 is 15.2 Å². The first-order chi connectivity index (χ1) is 7.47. The Kier molecular flexibility index (Phi) is 4.17. The number of nitrogens with one attached hydrogen (secondary N) is 1. The minimum atomic E-state index is -1.03. The fourth-order valence-corrected chi connectivity index (χ4v) is 2.38. The maximum atomic E-state index is 10.4. The summed E-state index contributed by atoms with van der Waals surface area (Å²) < 4.78 is 7.51. The van der Waals surface area contributed by atoms with E-state index >= 15 is 0 Å². The first-order valence-corrected chi connectivity index (χ1v) is 5.49. The smallest absolute Gasteiger partial charge is 0.404 e. The van der Waals surface area contributed by atoms with E-state index in [0.29, 0.717) is 12.4 Å². The number of amides is 1. The van der Waals surface area contributed by atoms with Crippen LogP contribution in [0.25, 0.3) is 0 Å². The van der Waals surface area contributed by atoms with E-state index in [-0.39, 0.29) is 5.92 Å². The molecule has 7 heteroatoms. The zero-order chi connectivity index (χ0) is 12.3. The summed E-state index contributed by atoms with van der Waals surface area (Å²) in [6, 6.07) is 0. The number of aryl methyl sites for hydroxylation is 1. The van der Waals surface area contributed by atoms with Crippen LogP contribution in [-0.2, 0) is 7.05 Å². The second-order valence-corrected chi connectivity index (χ2v) is 4.21. The first-order valence-electron chi connectivity index (χ1n) is 4.70. The maximum Gasteiger partial charge on any atom is 0.404 e. The number of rotatable bonds is 4. The molecule has 1 heterocycles. The lowest BCUT2D eigenvalue weighted by molar-refractivity contribution is 0.194. The standard InChI is InChI=1S/C9H14BrN3O3/c1-5(4-11-9(14)15)7-6(10)8(16-3)12-13(7)2/h5,11H,4H2,1-3H3,(H,14,15). The lowest BCUT2D eigenvalue weighted by Gasteiger charge is -2.12. The molecule has 1 rings (SSSR count). The molecule has 1 aromatic rings. The summed E-state index contributed by atoms with van der Waals surface area (Å²) in [5.74, 6) is 0.506. The molecule has 0 saturated heterocycles. The monoisotopic (exact) mass is 291 g/mol.